The lowest BCUT2D eigenvalue weighted by atomic mass is 10.0. The minimum absolute atomic E-state index is 0.282. The van der Waals surface area contributed by atoms with E-state index in [2.05, 4.69) is 20.9 Å². The van der Waals surface area contributed by atoms with Gasteiger partial charge >= 0.3 is 5.97 Å². The Morgan fingerprint density at radius 2 is 1.67 bits per heavy atom. The van der Waals surface area contributed by atoms with Crippen molar-refractivity contribution in [3.63, 3.8) is 0 Å². The van der Waals surface area contributed by atoms with E-state index >= 15 is 0 Å². The summed E-state index contributed by atoms with van der Waals surface area (Å²) < 4.78 is 6.21. The molecule has 3 aromatic carbocycles. The molecule has 6 heteroatoms. The Kier molecular flexibility index (Phi) is 5.93. The molecule has 0 unspecified atom stereocenters. The summed E-state index contributed by atoms with van der Waals surface area (Å²) in [5, 5.41) is 1.06. The molecule has 4 nitrogen and oxygen atoms in total. The van der Waals surface area contributed by atoms with Gasteiger partial charge in [-0.1, -0.05) is 70.0 Å². The van der Waals surface area contributed by atoms with Gasteiger partial charge in [-0.15, -0.1) is 0 Å². The van der Waals surface area contributed by atoms with Gasteiger partial charge in [0, 0.05) is 26.0 Å². The Hall–Kier alpha value is -3.02. The van der Waals surface area contributed by atoms with Gasteiger partial charge in [0.1, 0.15) is 0 Å². The smallest absolute Gasteiger partial charge is 0.339 e. The van der Waals surface area contributed by atoms with Crippen LogP contribution in [0, 0.1) is 0 Å². The zero-order chi connectivity index (χ0) is 21.1. The van der Waals surface area contributed by atoms with Crippen molar-refractivity contribution >= 4 is 50.2 Å². The van der Waals surface area contributed by atoms with E-state index < -0.39 is 5.97 Å². The van der Waals surface area contributed by atoms with Crippen LogP contribution >= 0.6 is 27.5 Å². The van der Waals surface area contributed by atoms with Crippen LogP contribution in [0.5, 0.6) is 0 Å². The van der Waals surface area contributed by atoms with Gasteiger partial charge in [-0.2, -0.15) is 0 Å². The molecule has 4 rings (SSSR count). The molecule has 0 fully saturated rings. The Bertz CT molecular complexity index is 1240. The molecule has 0 aliphatic heterocycles. The number of hydrogen-bond acceptors (Lipinski definition) is 4. The first-order valence-corrected chi connectivity index (χ1v) is 10.3. The second-order valence-electron chi connectivity index (χ2n) is 6.59. The van der Waals surface area contributed by atoms with E-state index in [1.165, 1.54) is 0 Å². The summed E-state index contributed by atoms with van der Waals surface area (Å²) in [6, 6.07) is 23.2. The fourth-order valence-corrected chi connectivity index (χ4v) is 3.49. The molecule has 0 radical (unpaired) electrons. The van der Waals surface area contributed by atoms with E-state index in [0.717, 1.165) is 10.0 Å². The van der Waals surface area contributed by atoms with Gasteiger partial charge < -0.3 is 4.74 Å². The number of hydrogen-bond donors (Lipinski definition) is 0. The quantitative estimate of drug-likeness (QED) is 0.246. The zero-order valence-corrected chi connectivity index (χ0v) is 18.0. The van der Waals surface area contributed by atoms with Crippen molar-refractivity contribution in [2.24, 2.45) is 0 Å². The molecule has 0 amide bonds. The topological polar surface area (TPSA) is 56.3 Å². The molecule has 1 aromatic heterocycles. The highest BCUT2D eigenvalue weighted by atomic mass is 79.9. The second-order valence-corrected chi connectivity index (χ2v) is 7.94. The van der Waals surface area contributed by atoms with Crippen LogP contribution in [0.2, 0.25) is 5.02 Å². The second kappa shape index (κ2) is 8.78. The van der Waals surface area contributed by atoms with Crippen LogP contribution in [-0.2, 0) is 4.74 Å². The molecule has 0 saturated carbocycles. The molecule has 1 heterocycles. The van der Waals surface area contributed by atoms with Crippen LogP contribution in [0.15, 0.2) is 83.3 Å². The standard InChI is InChI=1S/C24H15BrClNO3/c25-17-8-6-16(7-9-17)23(28)14-30-24(29)20-13-22(15-4-2-1-3-5-15)27-21-11-10-18(26)12-19(20)21/h1-13H,14H2. The number of carbonyl (C=O) groups excluding carboxylic acids is 2. The Labute approximate surface area is 186 Å². The predicted octanol–water partition coefficient (Wildman–Crippen LogP) is 6.36. The maximum atomic E-state index is 12.9. The number of carbonyl (C=O) groups is 2. The van der Waals surface area contributed by atoms with E-state index in [4.69, 9.17) is 16.3 Å². The van der Waals surface area contributed by atoms with Gasteiger partial charge in [-0.25, -0.2) is 9.78 Å². The van der Waals surface area contributed by atoms with Gasteiger partial charge in [0.15, 0.2) is 12.4 Å². The zero-order valence-electron chi connectivity index (χ0n) is 15.6. The van der Waals surface area contributed by atoms with Crippen molar-refractivity contribution in [1.29, 1.82) is 0 Å². The van der Waals surface area contributed by atoms with Crippen molar-refractivity contribution in [3.8, 4) is 11.3 Å². The summed E-state index contributed by atoms with van der Waals surface area (Å²) in [6.07, 6.45) is 0. The number of halogens is 2. The van der Waals surface area contributed by atoms with Gasteiger partial charge in [-0.3, -0.25) is 4.79 Å². The lowest BCUT2D eigenvalue weighted by Crippen LogP contribution is -2.15. The molecule has 4 aromatic rings. The molecule has 30 heavy (non-hydrogen) atoms. The SMILES string of the molecule is O=C(COC(=O)c1cc(-c2ccccc2)nc2ccc(Cl)cc12)c1ccc(Br)cc1. The number of ketones is 1. The van der Waals surface area contributed by atoms with E-state index in [9.17, 15) is 9.59 Å². The van der Waals surface area contributed by atoms with Crippen LogP contribution in [0.3, 0.4) is 0 Å². The Balaban J connectivity index is 1.66. The minimum atomic E-state index is -0.604. The normalized spacial score (nSPS) is 10.7. The average molecular weight is 481 g/mol. The number of fused-ring (bicyclic) bond motifs is 1. The molecule has 0 bridgehead atoms. The fraction of sp³-hybridized carbons (Fsp3) is 0.0417. The summed E-state index contributed by atoms with van der Waals surface area (Å²) in [6.45, 7) is -0.356. The third-order valence-corrected chi connectivity index (χ3v) is 5.32. The van der Waals surface area contributed by atoms with Gasteiger partial charge in [0.05, 0.1) is 16.8 Å². The van der Waals surface area contributed by atoms with Gasteiger partial charge in [-0.05, 0) is 36.4 Å². The summed E-state index contributed by atoms with van der Waals surface area (Å²) in [5.41, 5.74) is 2.90. The van der Waals surface area contributed by atoms with Crippen molar-refractivity contribution in [3.05, 3.63) is 99.5 Å². The first-order valence-electron chi connectivity index (χ1n) is 9.13. The highest BCUT2D eigenvalue weighted by molar-refractivity contribution is 9.10. The molecule has 0 aliphatic carbocycles. The van der Waals surface area contributed by atoms with Crippen LogP contribution < -0.4 is 0 Å². The highest BCUT2D eigenvalue weighted by Gasteiger charge is 2.17. The van der Waals surface area contributed by atoms with E-state index in [0.29, 0.717) is 32.7 Å². The van der Waals surface area contributed by atoms with Crippen LogP contribution in [0.25, 0.3) is 22.2 Å². The third-order valence-electron chi connectivity index (χ3n) is 4.56. The maximum absolute atomic E-state index is 12.9. The number of benzene rings is 3. The van der Waals surface area contributed by atoms with Crippen molar-refractivity contribution in [1.82, 2.24) is 4.98 Å². The highest BCUT2D eigenvalue weighted by Crippen LogP contribution is 2.27. The van der Waals surface area contributed by atoms with Gasteiger partial charge in [0.2, 0.25) is 0 Å². The van der Waals surface area contributed by atoms with Crippen molar-refractivity contribution < 1.29 is 14.3 Å². The number of ether oxygens (including phenoxy) is 1. The Morgan fingerprint density at radius 1 is 0.933 bits per heavy atom. The molecule has 0 spiro atoms. The number of esters is 1. The average Bonchev–Trinajstić information content (AvgIpc) is 2.77. The molecular formula is C24H15BrClNO3. The van der Waals surface area contributed by atoms with E-state index in [1.54, 1.807) is 48.5 Å². The molecule has 0 atom stereocenters. The number of pyridine rings is 1. The summed E-state index contributed by atoms with van der Waals surface area (Å²) in [5.74, 6) is -0.886. The predicted molar refractivity (Wildman–Crippen MR) is 121 cm³/mol. The molecule has 0 N–H and O–H groups in total. The lowest BCUT2D eigenvalue weighted by Gasteiger charge is -2.10. The molecular weight excluding hydrogens is 466 g/mol. The number of aromatic nitrogens is 1. The molecule has 0 saturated heterocycles. The van der Waals surface area contributed by atoms with Crippen LogP contribution in [0.4, 0.5) is 0 Å². The maximum Gasteiger partial charge on any atom is 0.339 e. The largest absolute Gasteiger partial charge is 0.454 e. The summed E-state index contributed by atoms with van der Waals surface area (Å²) >= 11 is 9.46. The first kappa shape index (κ1) is 20.3. The third kappa shape index (κ3) is 4.42. The number of rotatable bonds is 5. The Morgan fingerprint density at radius 3 is 2.40 bits per heavy atom. The van der Waals surface area contributed by atoms with Crippen LogP contribution in [0.1, 0.15) is 20.7 Å². The molecule has 148 valence electrons. The summed E-state index contributed by atoms with van der Waals surface area (Å²) in [7, 11) is 0. The number of Topliss-reactive ketones (excluding diaryl/α,β-unsaturated/α-hetero) is 1. The molecule has 0 aliphatic rings. The number of nitrogens with zero attached hydrogens (tertiary/aromatic N) is 1. The van der Waals surface area contributed by atoms with E-state index in [1.807, 2.05) is 30.3 Å². The summed E-state index contributed by atoms with van der Waals surface area (Å²) in [4.78, 5) is 29.9. The van der Waals surface area contributed by atoms with Crippen LogP contribution in [-0.4, -0.2) is 23.3 Å². The van der Waals surface area contributed by atoms with Crippen molar-refractivity contribution in [2.45, 2.75) is 0 Å². The minimum Gasteiger partial charge on any atom is -0.454 e. The van der Waals surface area contributed by atoms with Crippen molar-refractivity contribution in [2.75, 3.05) is 6.61 Å². The van der Waals surface area contributed by atoms with E-state index in [-0.39, 0.29) is 12.4 Å². The lowest BCUT2D eigenvalue weighted by molar-refractivity contribution is 0.0476. The monoisotopic (exact) mass is 479 g/mol. The fourth-order valence-electron chi connectivity index (χ4n) is 3.05. The van der Waals surface area contributed by atoms with Gasteiger partial charge in [0.25, 0.3) is 0 Å². The first-order chi connectivity index (χ1) is 14.5.